The summed E-state index contributed by atoms with van der Waals surface area (Å²) >= 11 is 5.88. The molecule has 1 saturated heterocycles. The average molecular weight is 202 g/mol. The molecular formula is C8H12ClN3O. The van der Waals surface area contributed by atoms with Gasteiger partial charge in [0.2, 0.25) is 0 Å². The first-order valence-electron chi connectivity index (χ1n) is 4.45. The van der Waals surface area contributed by atoms with Gasteiger partial charge in [-0.25, -0.2) is 4.79 Å². The third-order valence-electron chi connectivity index (χ3n) is 2.40. The van der Waals surface area contributed by atoms with E-state index in [1.807, 2.05) is 0 Å². The summed E-state index contributed by atoms with van der Waals surface area (Å²) in [6.45, 7) is 1.87. The number of piperidine rings is 1. The van der Waals surface area contributed by atoms with Crippen molar-refractivity contribution < 1.29 is 0 Å². The standard InChI is InChI=1S/C8H12ClN3O/c9-7-5-11-8(13)12(7)6-2-1-3-10-4-6/h5-6,10H,1-4H2,(H,11,13). The summed E-state index contributed by atoms with van der Waals surface area (Å²) in [5.74, 6) is 0. The van der Waals surface area contributed by atoms with Gasteiger partial charge in [0.25, 0.3) is 0 Å². The van der Waals surface area contributed by atoms with Gasteiger partial charge in [-0.1, -0.05) is 11.6 Å². The van der Waals surface area contributed by atoms with Gasteiger partial charge < -0.3 is 10.3 Å². The first-order valence-corrected chi connectivity index (χ1v) is 4.83. The van der Waals surface area contributed by atoms with Crippen LogP contribution in [-0.4, -0.2) is 22.6 Å². The minimum Gasteiger partial charge on any atom is -0.315 e. The molecule has 1 aliphatic rings. The van der Waals surface area contributed by atoms with Gasteiger partial charge >= 0.3 is 5.69 Å². The summed E-state index contributed by atoms with van der Waals surface area (Å²) in [6.07, 6.45) is 3.65. The molecule has 2 rings (SSSR count). The van der Waals surface area contributed by atoms with Crippen LogP contribution in [-0.2, 0) is 0 Å². The molecular weight excluding hydrogens is 190 g/mol. The van der Waals surface area contributed by atoms with Gasteiger partial charge in [-0.2, -0.15) is 0 Å². The van der Waals surface area contributed by atoms with E-state index in [0.29, 0.717) is 5.15 Å². The highest BCUT2D eigenvalue weighted by Gasteiger charge is 2.18. The molecule has 1 fully saturated rings. The first kappa shape index (κ1) is 8.84. The van der Waals surface area contributed by atoms with E-state index in [-0.39, 0.29) is 11.7 Å². The second kappa shape index (κ2) is 3.55. The van der Waals surface area contributed by atoms with E-state index in [1.165, 1.54) is 0 Å². The lowest BCUT2D eigenvalue weighted by atomic mass is 10.1. The molecule has 0 radical (unpaired) electrons. The Kier molecular flexibility index (Phi) is 2.42. The molecule has 0 aliphatic carbocycles. The molecule has 4 nitrogen and oxygen atoms in total. The lowest BCUT2D eigenvalue weighted by molar-refractivity contribution is 0.365. The maximum absolute atomic E-state index is 11.3. The van der Waals surface area contributed by atoms with Crippen molar-refractivity contribution in [1.29, 1.82) is 0 Å². The Labute approximate surface area is 80.9 Å². The number of aromatic amines is 1. The number of halogens is 1. The smallest absolute Gasteiger partial charge is 0.315 e. The fourth-order valence-corrected chi connectivity index (χ4v) is 2.02. The highest BCUT2D eigenvalue weighted by Crippen LogP contribution is 2.18. The Morgan fingerprint density at radius 2 is 2.46 bits per heavy atom. The van der Waals surface area contributed by atoms with Crippen LogP contribution in [0.2, 0.25) is 5.15 Å². The number of H-pyrrole nitrogens is 1. The molecule has 0 spiro atoms. The molecule has 5 heteroatoms. The monoisotopic (exact) mass is 201 g/mol. The zero-order valence-corrected chi connectivity index (χ0v) is 7.97. The number of rotatable bonds is 1. The average Bonchev–Trinajstić information content (AvgIpc) is 2.48. The van der Waals surface area contributed by atoms with Crippen LogP contribution in [0.3, 0.4) is 0 Å². The molecule has 13 heavy (non-hydrogen) atoms. The maximum atomic E-state index is 11.3. The Bertz CT molecular complexity index is 337. The molecule has 2 N–H and O–H groups in total. The Morgan fingerprint density at radius 1 is 1.62 bits per heavy atom. The number of hydrogen-bond donors (Lipinski definition) is 2. The summed E-state index contributed by atoms with van der Waals surface area (Å²) in [4.78, 5) is 13.9. The lowest BCUT2D eigenvalue weighted by Crippen LogP contribution is -2.35. The SMILES string of the molecule is O=c1[nH]cc(Cl)n1C1CCCNC1. The van der Waals surface area contributed by atoms with E-state index in [4.69, 9.17) is 11.6 Å². The van der Waals surface area contributed by atoms with Gasteiger partial charge in [0.15, 0.2) is 0 Å². The predicted molar refractivity (Wildman–Crippen MR) is 51.2 cm³/mol. The van der Waals surface area contributed by atoms with Crippen molar-refractivity contribution in [1.82, 2.24) is 14.9 Å². The summed E-state index contributed by atoms with van der Waals surface area (Å²) in [5, 5.41) is 3.74. The number of nitrogens with zero attached hydrogens (tertiary/aromatic N) is 1. The summed E-state index contributed by atoms with van der Waals surface area (Å²) < 4.78 is 1.62. The third-order valence-corrected chi connectivity index (χ3v) is 2.69. The minimum absolute atomic E-state index is 0.112. The highest BCUT2D eigenvalue weighted by atomic mass is 35.5. The van der Waals surface area contributed by atoms with Crippen LogP contribution < -0.4 is 11.0 Å². The van der Waals surface area contributed by atoms with E-state index in [0.717, 1.165) is 25.9 Å². The van der Waals surface area contributed by atoms with E-state index >= 15 is 0 Å². The van der Waals surface area contributed by atoms with Crippen molar-refractivity contribution in [3.8, 4) is 0 Å². The topological polar surface area (TPSA) is 49.8 Å². The normalized spacial score (nSPS) is 23.3. The molecule has 72 valence electrons. The van der Waals surface area contributed by atoms with Gasteiger partial charge in [0, 0.05) is 12.7 Å². The lowest BCUT2D eigenvalue weighted by Gasteiger charge is -2.23. The predicted octanol–water partition coefficient (Wildman–Crippen LogP) is 0.754. The molecule has 1 aromatic heterocycles. The molecule has 0 bridgehead atoms. The molecule has 1 aliphatic heterocycles. The van der Waals surface area contributed by atoms with Crippen molar-refractivity contribution >= 4 is 11.6 Å². The van der Waals surface area contributed by atoms with Crippen molar-refractivity contribution in [2.45, 2.75) is 18.9 Å². The van der Waals surface area contributed by atoms with Gasteiger partial charge in [-0.15, -0.1) is 0 Å². The fourth-order valence-electron chi connectivity index (χ4n) is 1.75. The van der Waals surface area contributed by atoms with Crippen molar-refractivity contribution in [2.75, 3.05) is 13.1 Å². The van der Waals surface area contributed by atoms with Crippen LogP contribution in [0.25, 0.3) is 0 Å². The van der Waals surface area contributed by atoms with E-state index in [1.54, 1.807) is 10.8 Å². The highest BCUT2D eigenvalue weighted by molar-refractivity contribution is 6.29. The third kappa shape index (κ3) is 1.64. The van der Waals surface area contributed by atoms with Gasteiger partial charge in [-0.3, -0.25) is 4.57 Å². The van der Waals surface area contributed by atoms with Gasteiger partial charge in [-0.05, 0) is 19.4 Å². The number of nitrogens with one attached hydrogen (secondary N) is 2. The van der Waals surface area contributed by atoms with Crippen LogP contribution in [0.15, 0.2) is 11.0 Å². The minimum atomic E-state index is -0.112. The molecule has 0 aromatic carbocycles. The van der Waals surface area contributed by atoms with Crippen LogP contribution >= 0.6 is 11.6 Å². The van der Waals surface area contributed by atoms with Gasteiger partial charge in [0.05, 0.1) is 6.04 Å². The van der Waals surface area contributed by atoms with Gasteiger partial charge in [0.1, 0.15) is 5.15 Å². The second-order valence-corrected chi connectivity index (χ2v) is 3.67. The number of imidazole rings is 1. The van der Waals surface area contributed by atoms with Crippen LogP contribution in [0.4, 0.5) is 0 Å². The molecule has 1 atom stereocenters. The van der Waals surface area contributed by atoms with Crippen LogP contribution in [0.5, 0.6) is 0 Å². The van der Waals surface area contributed by atoms with Crippen molar-refractivity contribution in [2.24, 2.45) is 0 Å². The number of aromatic nitrogens is 2. The second-order valence-electron chi connectivity index (χ2n) is 3.29. The Hall–Kier alpha value is -0.740. The number of hydrogen-bond acceptors (Lipinski definition) is 2. The van der Waals surface area contributed by atoms with Crippen molar-refractivity contribution in [3.05, 3.63) is 21.8 Å². The summed E-state index contributed by atoms with van der Waals surface area (Å²) in [7, 11) is 0. The van der Waals surface area contributed by atoms with Crippen LogP contribution in [0.1, 0.15) is 18.9 Å². The Balaban J connectivity index is 2.27. The van der Waals surface area contributed by atoms with E-state index in [9.17, 15) is 4.79 Å². The largest absolute Gasteiger partial charge is 0.326 e. The van der Waals surface area contributed by atoms with E-state index in [2.05, 4.69) is 10.3 Å². The zero-order chi connectivity index (χ0) is 9.26. The fraction of sp³-hybridized carbons (Fsp3) is 0.625. The zero-order valence-electron chi connectivity index (χ0n) is 7.22. The van der Waals surface area contributed by atoms with E-state index < -0.39 is 0 Å². The summed E-state index contributed by atoms with van der Waals surface area (Å²) in [5.41, 5.74) is -0.112. The molecule has 1 unspecified atom stereocenters. The van der Waals surface area contributed by atoms with Crippen molar-refractivity contribution in [3.63, 3.8) is 0 Å². The first-order chi connectivity index (χ1) is 6.29. The molecule has 1 aromatic rings. The van der Waals surface area contributed by atoms with Crippen LogP contribution in [0, 0.1) is 0 Å². The molecule has 0 saturated carbocycles. The Morgan fingerprint density at radius 3 is 3.00 bits per heavy atom. The summed E-state index contributed by atoms with van der Waals surface area (Å²) in [6, 6.07) is 0.208. The molecule has 2 heterocycles. The quantitative estimate of drug-likeness (QED) is 0.705. The maximum Gasteiger partial charge on any atom is 0.326 e. The molecule has 0 amide bonds.